The highest BCUT2D eigenvalue weighted by molar-refractivity contribution is 6.04. The summed E-state index contributed by atoms with van der Waals surface area (Å²) in [6.07, 6.45) is -0.170. The molecule has 1 N–H and O–H groups in total. The molecular formula is C24H20F2N4O2. The minimum atomic E-state index is -0.499. The van der Waals surface area contributed by atoms with Crippen molar-refractivity contribution in [1.29, 1.82) is 0 Å². The molecule has 0 spiro atoms. The third kappa shape index (κ3) is 4.64. The van der Waals surface area contributed by atoms with Crippen molar-refractivity contribution in [3.8, 4) is 23.1 Å². The lowest BCUT2D eigenvalue weighted by molar-refractivity contribution is 0.102. The number of rotatable bonds is 6. The summed E-state index contributed by atoms with van der Waals surface area (Å²) in [7, 11) is 0. The molecule has 0 atom stereocenters. The fourth-order valence-electron chi connectivity index (χ4n) is 3.10. The van der Waals surface area contributed by atoms with Gasteiger partial charge in [0.25, 0.3) is 5.91 Å². The van der Waals surface area contributed by atoms with Gasteiger partial charge in [-0.15, -0.1) is 5.10 Å². The van der Waals surface area contributed by atoms with E-state index in [1.807, 2.05) is 13.8 Å². The number of benzene rings is 3. The van der Waals surface area contributed by atoms with Crippen molar-refractivity contribution in [2.24, 2.45) is 0 Å². The smallest absolute Gasteiger partial charge is 0.336 e. The lowest BCUT2D eigenvalue weighted by atomic mass is 10.2. The third-order valence-electron chi connectivity index (χ3n) is 4.48. The molecule has 0 aliphatic heterocycles. The van der Waals surface area contributed by atoms with E-state index in [0.29, 0.717) is 11.4 Å². The third-order valence-corrected chi connectivity index (χ3v) is 4.48. The van der Waals surface area contributed by atoms with Crippen LogP contribution in [0, 0.1) is 11.6 Å². The molecule has 32 heavy (non-hydrogen) atoms. The van der Waals surface area contributed by atoms with Crippen LogP contribution in [0.3, 0.4) is 0 Å². The predicted molar refractivity (Wildman–Crippen MR) is 117 cm³/mol. The Labute approximate surface area is 183 Å². The van der Waals surface area contributed by atoms with E-state index in [1.165, 1.54) is 28.9 Å². The monoisotopic (exact) mass is 434 g/mol. The number of halogens is 2. The number of nitrogens with one attached hydrogen (secondary N) is 1. The Balaban J connectivity index is 1.71. The maximum Gasteiger partial charge on any atom is 0.336 e. The van der Waals surface area contributed by atoms with E-state index in [1.54, 1.807) is 42.5 Å². The maximum absolute atomic E-state index is 14.5. The molecule has 8 heteroatoms. The van der Waals surface area contributed by atoms with Crippen molar-refractivity contribution in [1.82, 2.24) is 14.8 Å². The van der Waals surface area contributed by atoms with Crippen LogP contribution < -0.4 is 10.1 Å². The number of amides is 1. The topological polar surface area (TPSA) is 69.0 Å². The van der Waals surface area contributed by atoms with Crippen LogP contribution >= 0.6 is 0 Å². The zero-order valence-corrected chi connectivity index (χ0v) is 17.4. The van der Waals surface area contributed by atoms with Crippen LogP contribution in [0.4, 0.5) is 14.5 Å². The summed E-state index contributed by atoms with van der Waals surface area (Å²) in [6, 6.07) is 18.6. The van der Waals surface area contributed by atoms with E-state index in [9.17, 15) is 13.6 Å². The van der Waals surface area contributed by atoms with Crippen molar-refractivity contribution in [2.75, 3.05) is 5.32 Å². The highest BCUT2D eigenvalue weighted by atomic mass is 19.1. The van der Waals surface area contributed by atoms with Gasteiger partial charge in [0.1, 0.15) is 11.6 Å². The minimum Gasteiger partial charge on any atom is -0.460 e. The van der Waals surface area contributed by atoms with Crippen molar-refractivity contribution in [3.63, 3.8) is 0 Å². The minimum absolute atomic E-state index is 0.104. The fraction of sp³-hybridized carbons (Fsp3) is 0.125. The average molecular weight is 434 g/mol. The quantitative estimate of drug-likeness (QED) is 0.450. The summed E-state index contributed by atoms with van der Waals surface area (Å²) in [5.41, 5.74) is 1.44. The van der Waals surface area contributed by atoms with Crippen LogP contribution in [0.2, 0.25) is 0 Å². The van der Waals surface area contributed by atoms with Crippen molar-refractivity contribution >= 4 is 11.6 Å². The highest BCUT2D eigenvalue weighted by Crippen LogP contribution is 2.27. The van der Waals surface area contributed by atoms with Gasteiger partial charge in [-0.05, 0) is 62.4 Å². The van der Waals surface area contributed by atoms with Gasteiger partial charge < -0.3 is 10.1 Å². The Morgan fingerprint density at radius 2 is 1.78 bits per heavy atom. The molecule has 3 aromatic carbocycles. The Morgan fingerprint density at radius 3 is 2.53 bits per heavy atom. The van der Waals surface area contributed by atoms with Gasteiger partial charge in [-0.1, -0.05) is 24.3 Å². The predicted octanol–water partition coefficient (Wildman–Crippen LogP) is 5.25. The lowest BCUT2D eigenvalue weighted by Crippen LogP contribution is -2.12. The number of aromatic nitrogens is 3. The summed E-state index contributed by atoms with van der Waals surface area (Å²) in [6.45, 7) is 3.68. The number of anilines is 1. The molecule has 0 aliphatic carbocycles. The van der Waals surface area contributed by atoms with Gasteiger partial charge in [-0.3, -0.25) is 4.79 Å². The van der Waals surface area contributed by atoms with Crippen LogP contribution in [0.5, 0.6) is 6.01 Å². The lowest BCUT2D eigenvalue weighted by Gasteiger charge is -2.10. The van der Waals surface area contributed by atoms with E-state index < -0.39 is 17.5 Å². The first-order valence-corrected chi connectivity index (χ1v) is 9.96. The Hall–Kier alpha value is -4.07. The molecule has 1 aromatic heterocycles. The van der Waals surface area contributed by atoms with Crippen LogP contribution in [-0.4, -0.2) is 26.8 Å². The molecule has 4 aromatic rings. The molecule has 6 nitrogen and oxygen atoms in total. The molecule has 4 rings (SSSR count). The molecule has 0 aliphatic rings. The van der Waals surface area contributed by atoms with E-state index >= 15 is 0 Å². The van der Waals surface area contributed by atoms with Crippen LogP contribution in [-0.2, 0) is 0 Å². The second kappa shape index (κ2) is 8.97. The van der Waals surface area contributed by atoms with Crippen LogP contribution in [0.15, 0.2) is 72.8 Å². The molecule has 0 saturated carbocycles. The summed E-state index contributed by atoms with van der Waals surface area (Å²) < 4.78 is 35.0. The molecule has 0 radical (unpaired) electrons. The number of carbonyl (C=O) groups excluding carboxylic acids is 1. The van der Waals surface area contributed by atoms with Crippen molar-refractivity contribution in [3.05, 3.63) is 90.0 Å². The molecule has 0 bridgehead atoms. The Bertz CT molecular complexity index is 1270. The summed E-state index contributed by atoms with van der Waals surface area (Å²) in [5.74, 6) is -1.15. The standard InChI is InChI=1S/C24H20F2N4O2/c1-15(2)32-24-28-22(20-11-3-4-12-21(20)26)30(29-24)19-10-6-9-18(14-19)27-23(31)16-7-5-8-17(25)13-16/h3-15H,1-2H3,(H,27,31). The first-order valence-electron chi connectivity index (χ1n) is 9.96. The van der Waals surface area contributed by atoms with Gasteiger partial charge in [0.05, 0.1) is 17.4 Å². The highest BCUT2D eigenvalue weighted by Gasteiger charge is 2.18. The van der Waals surface area contributed by atoms with Crippen molar-refractivity contribution < 1.29 is 18.3 Å². The van der Waals surface area contributed by atoms with E-state index in [4.69, 9.17) is 4.74 Å². The van der Waals surface area contributed by atoms with Crippen LogP contribution in [0.25, 0.3) is 17.1 Å². The van der Waals surface area contributed by atoms with Gasteiger partial charge >= 0.3 is 6.01 Å². The zero-order valence-electron chi connectivity index (χ0n) is 17.4. The first kappa shape index (κ1) is 21.2. The largest absolute Gasteiger partial charge is 0.460 e. The number of hydrogen-bond acceptors (Lipinski definition) is 4. The summed E-state index contributed by atoms with van der Waals surface area (Å²) >= 11 is 0. The van der Waals surface area contributed by atoms with Gasteiger partial charge in [0.2, 0.25) is 0 Å². The molecule has 0 unspecified atom stereocenters. The average Bonchev–Trinajstić information content (AvgIpc) is 3.17. The van der Waals surface area contributed by atoms with Gasteiger partial charge in [0, 0.05) is 11.3 Å². The fourth-order valence-corrected chi connectivity index (χ4v) is 3.10. The molecular weight excluding hydrogens is 414 g/mol. The number of ether oxygens (including phenoxy) is 1. The van der Waals surface area contributed by atoms with E-state index in [-0.39, 0.29) is 29.1 Å². The molecule has 0 saturated heterocycles. The van der Waals surface area contributed by atoms with E-state index in [2.05, 4.69) is 15.4 Å². The number of nitrogens with zero attached hydrogens (tertiary/aromatic N) is 3. The van der Waals surface area contributed by atoms with Crippen LogP contribution in [0.1, 0.15) is 24.2 Å². The van der Waals surface area contributed by atoms with Gasteiger partial charge in [-0.2, -0.15) is 4.98 Å². The summed E-state index contributed by atoms with van der Waals surface area (Å²) in [4.78, 5) is 16.9. The maximum atomic E-state index is 14.5. The Morgan fingerprint density at radius 1 is 1.00 bits per heavy atom. The SMILES string of the molecule is CC(C)Oc1nc(-c2ccccc2F)n(-c2cccc(NC(=O)c3cccc(F)c3)c2)n1. The second-order valence-electron chi connectivity index (χ2n) is 7.29. The molecule has 1 heterocycles. The Kier molecular flexibility index (Phi) is 5.93. The van der Waals surface area contributed by atoms with Gasteiger partial charge in [0.15, 0.2) is 5.82 Å². The molecule has 162 valence electrons. The second-order valence-corrected chi connectivity index (χ2v) is 7.29. The van der Waals surface area contributed by atoms with Gasteiger partial charge in [-0.25, -0.2) is 13.5 Å². The zero-order chi connectivity index (χ0) is 22.7. The normalized spacial score (nSPS) is 10.9. The van der Waals surface area contributed by atoms with E-state index in [0.717, 1.165) is 6.07 Å². The number of hydrogen-bond donors (Lipinski definition) is 1. The molecule has 0 fully saturated rings. The summed E-state index contributed by atoms with van der Waals surface area (Å²) in [5, 5.41) is 7.12. The number of carbonyl (C=O) groups is 1. The van der Waals surface area contributed by atoms with Crippen molar-refractivity contribution in [2.45, 2.75) is 20.0 Å². The molecule has 1 amide bonds. The first-order chi connectivity index (χ1) is 15.4.